The first-order chi connectivity index (χ1) is 7.24. The normalized spacial score (nSPS) is 10.3. The maximum absolute atomic E-state index is 12.7. The highest BCUT2D eigenvalue weighted by Gasteiger charge is 1.99. The van der Waals surface area contributed by atoms with Crippen molar-refractivity contribution in [2.45, 2.75) is 6.54 Å². The van der Waals surface area contributed by atoms with Crippen LogP contribution in [0, 0.1) is 5.95 Å². The Morgan fingerprint density at radius 2 is 2.33 bits per heavy atom. The summed E-state index contributed by atoms with van der Waals surface area (Å²) in [4.78, 5) is 7.24. The van der Waals surface area contributed by atoms with Crippen LogP contribution < -0.4 is 5.32 Å². The summed E-state index contributed by atoms with van der Waals surface area (Å²) in [7, 11) is 1.84. The van der Waals surface area contributed by atoms with Crippen LogP contribution in [0.2, 0.25) is 0 Å². The molecule has 1 N–H and O–H groups in total. The zero-order valence-corrected chi connectivity index (χ0v) is 8.18. The van der Waals surface area contributed by atoms with Gasteiger partial charge in [0, 0.05) is 31.4 Å². The lowest BCUT2D eigenvalue weighted by Gasteiger charge is -2.02. The number of hydrogen-bond donors (Lipinski definition) is 1. The molecule has 6 heteroatoms. The van der Waals surface area contributed by atoms with E-state index in [4.69, 9.17) is 0 Å². The van der Waals surface area contributed by atoms with Crippen molar-refractivity contribution in [2.75, 3.05) is 5.32 Å². The molecule has 0 fully saturated rings. The molecule has 0 radical (unpaired) electrons. The number of nitrogens with zero attached hydrogens (tertiary/aromatic N) is 4. The molecule has 2 aromatic rings. The number of anilines is 1. The quantitative estimate of drug-likeness (QED) is 0.762. The van der Waals surface area contributed by atoms with E-state index in [-0.39, 0.29) is 0 Å². The molecule has 0 saturated heterocycles. The minimum atomic E-state index is -0.543. The highest BCUT2D eigenvalue weighted by molar-refractivity contribution is 5.33. The Hall–Kier alpha value is -1.98. The molecule has 0 unspecified atom stereocenters. The summed E-state index contributed by atoms with van der Waals surface area (Å²) in [5.74, 6) is -0.0787. The maximum atomic E-state index is 12.7. The lowest BCUT2D eigenvalue weighted by molar-refractivity contribution is 0.580. The summed E-state index contributed by atoms with van der Waals surface area (Å²) in [5.41, 5.74) is 1.01. The van der Waals surface area contributed by atoms with Gasteiger partial charge in [0.1, 0.15) is 12.1 Å². The molecule has 0 spiro atoms. The number of rotatable bonds is 3. The Morgan fingerprint density at radius 3 is 3.00 bits per heavy atom. The summed E-state index contributed by atoms with van der Waals surface area (Å²) in [6.45, 7) is 0.560. The van der Waals surface area contributed by atoms with Crippen molar-refractivity contribution in [3.8, 4) is 0 Å². The molecule has 2 aromatic heterocycles. The van der Waals surface area contributed by atoms with Gasteiger partial charge in [-0.2, -0.15) is 9.49 Å². The van der Waals surface area contributed by atoms with Crippen LogP contribution >= 0.6 is 0 Å². The minimum absolute atomic E-state index is 0.464. The first-order valence-corrected chi connectivity index (χ1v) is 4.43. The molecule has 0 atom stereocenters. The summed E-state index contributed by atoms with van der Waals surface area (Å²) >= 11 is 0. The maximum Gasteiger partial charge on any atom is 0.217 e. The zero-order chi connectivity index (χ0) is 10.7. The molecular weight excluding hydrogens is 197 g/mol. The summed E-state index contributed by atoms with van der Waals surface area (Å²) in [6, 6.07) is 1.25. The van der Waals surface area contributed by atoms with Gasteiger partial charge in [0.2, 0.25) is 5.95 Å². The fraction of sp³-hybridized carbons (Fsp3) is 0.222. The second kappa shape index (κ2) is 4.04. The van der Waals surface area contributed by atoms with Gasteiger partial charge in [-0.25, -0.2) is 9.97 Å². The van der Waals surface area contributed by atoms with Gasteiger partial charge >= 0.3 is 0 Å². The van der Waals surface area contributed by atoms with Gasteiger partial charge in [-0.1, -0.05) is 0 Å². The molecule has 0 amide bonds. The average molecular weight is 207 g/mol. The molecule has 0 saturated carbocycles. The molecule has 0 aliphatic carbocycles. The number of nitrogens with one attached hydrogen (secondary N) is 1. The first kappa shape index (κ1) is 9.57. The van der Waals surface area contributed by atoms with Gasteiger partial charge < -0.3 is 5.32 Å². The number of aromatic nitrogens is 4. The van der Waals surface area contributed by atoms with Gasteiger partial charge in [-0.05, 0) is 0 Å². The smallest absolute Gasteiger partial charge is 0.217 e. The zero-order valence-electron chi connectivity index (χ0n) is 8.18. The van der Waals surface area contributed by atoms with Gasteiger partial charge in [0.15, 0.2) is 0 Å². The van der Waals surface area contributed by atoms with E-state index in [1.165, 1.54) is 12.4 Å². The summed E-state index contributed by atoms with van der Waals surface area (Å²) in [5, 5.41) is 6.99. The monoisotopic (exact) mass is 207 g/mol. The Bertz CT molecular complexity index is 453. The topological polar surface area (TPSA) is 55.6 Å². The molecule has 0 aromatic carbocycles. The van der Waals surface area contributed by atoms with E-state index in [0.717, 1.165) is 5.56 Å². The predicted octanol–water partition coefficient (Wildman–Crippen LogP) is 0.961. The Labute approximate surface area is 86.0 Å². The molecule has 0 bridgehead atoms. The second-order valence-electron chi connectivity index (χ2n) is 3.10. The third-order valence-corrected chi connectivity index (χ3v) is 1.87. The van der Waals surface area contributed by atoms with Crippen LogP contribution in [0.1, 0.15) is 5.56 Å². The van der Waals surface area contributed by atoms with E-state index in [9.17, 15) is 4.39 Å². The molecule has 2 heterocycles. The summed E-state index contributed by atoms with van der Waals surface area (Å²) < 4.78 is 14.4. The molecule has 0 aliphatic rings. The predicted molar refractivity (Wildman–Crippen MR) is 52.5 cm³/mol. The largest absolute Gasteiger partial charge is 0.366 e. The highest BCUT2D eigenvalue weighted by atomic mass is 19.1. The van der Waals surface area contributed by atoms with Crippen molar-refractivity contribution >= 4 is 5.82 Å². The van der Waals surface area contributed by atoms with Crippen LogP contribution in [0.5, 0.6) is 0 Å². The van der Waals surface area contributed by atoms with E-state index >= 15 is 0 Å². The van der Waals surface area contributed by atoms with Crippen LogP contribution in [0.3, 0.4) is 0 Å². The SMILES string of the molecule is Cn1cc(CNc2cc(F)ncn2)cn1. The van der Waals surface area contributed by atoms with Crippen molar-refractivity contribution in [3.05, 3.63) is 36.3 Å². The number of halogens is 1. The summed E-state index contributed by atoms with van der Waals surface area (Å²) in [6.07, 6.45) is 4.80. The fourth-order valence-electron chi connectivity index (χ4n) is 1.19. The molecule has 5 nitrogen and oxygen atoms in total. The molecule has 78 valence electrons. The fourth-order valence-corrected chi connectivity index (χ4v) is 1.19. The van der Waals surface area contributed by atoms with Gasteiger partial charge in [-0.15, -0.1) is 0 Å². The van der Waals surface area contributed by atoms with Gasteiger partial charge in [0.25, 0.3) is 0 Å². The van der Waals surface area contributed by atoms with Crippen molar-refractivity contribution in [2.24, 2.45) is 7.05 Å². The van der Waals surface area contributed by atoms with Gasteiger partial charge in [-0.3, -0.25) is 4.68 Å². The Kier molecular flexibility index (Phi) is 2.57. The van der Waals surface area contributed by atoms with Crippen LogP contribution in [-0.2, 0) is 13.6 Å². The Balaban J connectivity index is 1.99. The lowest BCUT2D eigenvalue weighted by atomic mass is 10.3. The number of hydrogen-bond acceptors (Lipinski definition) is 4. The standard InChI is InChI=1S/C9H10FN5/c1-15-5-7(4-14-15)3-11-9-2-8(10)12-6-13-9/h2,4-6H,3H2,1H3,(H,11,12,13). The van der Waals surface area contributed by atoms with Crippen molar-refractivity contribution < 1.29 is 4.39 Å². The van der Waals surface area contributed by atoms with E-state index < -0.39 is 5.95 Å². The Morgan fingerprint density at radius 1 is 1.47 bits per heavy atom. The van der Waals surface area contributed by atoms with Crippen molar-refractivity contribution in [1.82, 2.24) is 19.7 Å². The highest BCUT2D eigenvalue weighted by Crippen LogP contribution is 2.05. The third kappa shape index (κ3) is 2.49. The van der Waals surface area contributed by atoms with Crippen molar-refractivity contribution in [3.63, 3.8) is 0 Å². The molecule has 15 heavy (non-hydrogen) atoms. The van der Waals surface area contributed by atoms with E-state index in [0.29, 0.717) is 12.4 Å². The van der Waals surface area contributed by atoms with E-state index in [2.05, 4.69) is 20.4 Å². The van der Waals surface area contributed by atoms with Crippen LogP contribution in [-0.4, -0.2) is 19.7 Å². The molecule has 2 rings (SSSR count). The second-order valence-corrected chi connectivity index (χ2v) is 3.10. The minimum Gasteiger partial charge on any atom is -0.366 e. The first-order valence-electron chi connectivity index (χ1n) is 4.43. The lowest BCUT2D eigenvalue weighted by Crippen LogP contribution is -2.01. The molecular formula is C9H10FN5. The molecule has 0 aliphatic heterocycles. The van der Waals surface area contributed by atoms with Crippen LogP contribution in [0.25, 0.3) is 0 Å². The van der Waals surface area contributed by atoms with E-state index in [1.807, 2.05) is 13.2 Å². The van der Waals surface area contributed by atoms with Gasteiger partial charge in [0.05, 0.1) is 6.20 Å². The third-order valence-electron chi connectivity index (χ3n) is 1.87. The number of aryl methyl sites for hydroxylation is 1. The van der Waals surface area contributed by atoms with Crippen LogP contribution in [0.15, 0.2) is 24.8 Å². The van der Waals surface area contributed by atoms with Crippen molar-refractivity contribution in [1.29, 1.82) is 0 Å². The van der Waals surface area contributed by atoms with E-state index in [1.54, 1.807) is 10.9 Å². The average Bonchev–Trinajstić information content (AvgIpc) is 2.62. The van der Waals surface area contributed by atoms with Crippen LogP contribution in [0.4, 0.5) is 10.2 Å².